The van der Waals surface area contributed by atoms with Crippen molar-refractivity contribution in [1.29, 1.82) is 0 Å². The SMILES string of the molecule is Cc1cc(C)c2c(c1)[C@@H](Nc1nnn(C)n1)CCCN2C(=O)O. The molecule has 0 bridgehead atoms. The number of hydrogen-bond donors (Lipinski definition) is 2. The molecule has 1 atom stereocenters. The van der Waals surface area contributed by atoms with Gasteiger partial charge in [-0.3, -0.25) is 4.90 Å². The van der Waals surface area contributed by atoms with E-state index in [0.717, 1.165) is 35.2 Å². The molecule has 8 nitrogen and oxygen atoms in total. The Morgan fingerprint density at radius 1 is 1.39 bits per heavy atom. The van der Waals surface area contributed by atoms with E-state index in [1.165, 1.54) is 9.70 Å². The summed E-state index contributed by atoms with van der Waals surface area (Å²) in [5.74, 6) is 0.450. The van der Waals surface area contributed by atoms with E-state index in [4.69, 9.17) is 0 Å². The molecule has 1 aromatic carbocycles. The summed E-state index contributed by atoms with van der Waals surface area (Å²) in [7, 11) is 1.71. The number of carboxylic acid groups (broad SMARTS) is 1. The highest BCUT2D eigenvalue weighted by Gasteiger charge is 2.28. The first-order chi connectivity index (χ1) is 11.0. The molecule has 0 aliphatic carbocycles. The van der Waals surface area contributed by atoms with Gasteiger partial charge in [-0.25, -0.2) is 4.79 Å². The summed E-state index contributed by atoms with van der Waals surface area (Å²) in [6.45, 7) is 4.45. The lowest BCUT2D eigenvalue weighted by atomic mass is 9.96. The molecule has 0 saturated heterocycles. The number of fused-ring (bicyclic) bond motifs is 1. The van der Waals surface area contributed by atoms with Gasteiger partial charge in [0.15, 0.2) is 0 Å². The van der Waals surface area contributed by atoms with Gasteiger partial charge in [-0.15, -0.1) is 5.10 Å². The summed E-state index contributed by atoms with van der Waals surface area (Å²) in [5, 5.41) is 24.8. The first-order valence-corrected chi connectivity index (χ1v) is 7.58. The first kappa shape index (κ1) is 15.3. The predicted molar refractivity (Wildman–Crippen MR) is 85.7 cm³/mol. The van der Waals surface area contributed by atoms with Crippen LogP contribution < -0.4 is 10.2 Å². The van der Waals surface area contributed by atoms with Gasteiger partial charge in [0.25, 0.3) is 5.95 Å². The monoisotopic (exact) mass is 316 g/mol. The minimum Gasteiger partial charge on any atom is -0.465 e. The molecule has 122 valence electrons. The Bertz CT molecular complexity index is 742. The highest BCUT2D eigenvalue weighted by atomic mass is 16.4. The molecule has 0 unspecified atom stereocenters. The van der Waals surface area contributed by atoms with Crippen molar-refractivity contribution in [3.05, 3.63) is 28.8 Å². The number of rotatable bonds is 2. The zero-order valence-corrected chi connectivity index (χ0v) is 13.4. The van der Waals surface area contributed by atoms with Crippen LogP contribution in [0.1, 0.15) is 35.6 Å². The molecular weight excluding hydrogens is 296 g/mol. The molecule has 0 spiro atoms. The number of carbonyl (C=O) groups is 1. The van der Waals surface area contributed by atoms with E-state index in [1.807, 2.05) is 26.0 Å². The average molecular weight is 316 g/mol. The van der Waals surface area contributed by atoms with Crippen LogP contribution in [0.2, 0.25) is 0 Å². The number of benzene rings is 1. The van der Waals surface area contributed by atoms with Crippen molar-refractivity contribution in [2.75, 3.05) is 16.8 Å². The summed E-state index contributed by atoms with van der Waals surface area (Å²) in [6, 6.07) is 4.01. The Morgan fingerprint density at radius 3 is 2.83 bits per heavy atom. The van der Waals surface area contributed by atoms with Crippen LogP contribution in [0.25, 0.3) is 0 Å². The maximum Gasteiger partial charge on any atom is 0.411 e. The lowest BCUT2D eigenvalue weighted by Crippen LogP contribution is -2.30. The van der Waals surface area contributed by atoms with Crippen LogP contribution in [0.5, 0.6) is 0 Å². The molecule has 2 N–H and O–H groups in total. The van der Waals surface area contributed by atoms with Crippen LogP contribution in [0.4, 0.5) is 16.4 Å². The fourth-order valence-corrected chi connectivity index (χ4v) is 3.19. The standard InChI is InChI=1S/C15H20N6O2/c1-9-7-10(2)13-11(8-9)12(5-4-6-21(13)15(22)23)16-14-17-19-20(3)18-14/h7-8,12H,4-6H2,1-3H3,(H,16,18)(H,22,23)/t12-/m0/s1. The zero-order chi connectivity index (χ0) is 16.6. The van der Waals surface area contributed by atoms with Gasteiger partial charge in [0.2, 0.25) is 0 Å². The number of hydrogen-bond acceptors (Lipinski definition) is 5. The third kappa shape index (κ3) is 2.96. The summed E-state index contributed by atoms with van der Waals surface area (Å²) in [4.78, 5) is 14.5. The number of tetrazole rings is 1. The molecule has 0 saturated carbocycles. The maximum absolute atomic E-state index is 11.6. The summed E-state index contributed by atoms with van der Waals surface area (Å²) >= 11 is 0. The predicted octanol–water partition coefficient (Wildman–Crippen LogP) is 2.26. The van der Waals surface area contributed by atoms with Crippen molar-refractivity contribution in [1.82, 2.24) is 20.2 Å². The van der Waals surface area contributed by atoms with Gasteiger partial charge in [0.1, 0.15) is 0 Å². The number of anilines is 2. The highest BCUT2D eigenvalue weighted by molar-refractivity contribution is 5.89. The van der Waals surface area contributed by atoms with Crippen molar-refractivity contribution in [3.8, 4) is 0 Å². The molecule has 1 aliphatic rings. The van der Waals surface area contributed by atoms with Gasteiger partial charge in [-0.2, -0.15) is 4.80 Å². The Labute approximate surface area is 134 Å². The Hall–Kier alpha value is -2.64. The Balaban J connectivity index is 2.05. The van der Waals surface area contributed by atoms with E-state index in [9.17, 15) is 9.90 Å². The molecule has 8 heteroatoms. The molecule has 0 fully saturated rings. The summed E-state index contributed by atoms with van der Waals surface area (Å²) in [5.41, 5.74) is 3.80. The highest BCUT2D eigenvalue weighted by Crippen LogP contribution is 2.37. The second-order valence-corrected chi connectivity index (χ2v) is 5.90. The van der Waals surface area contributed by atoms with Crippen molar-refractivity contribution < 1.29 is 9.90 Å². The zero-order valence-electron chi connectivity index (χ0n) is 13.4. The lowest BCUT2D eigenvalue weighted by molar-refractivity contribution is 0.201. The van der Waals surface area contributed by atoms with Crippen LogP contribution in [-0.4, -0.2) is 38.0 Å². The quantitative estimate of drug-likeness (QED) is 0.882. The maximum atomic E-state index is 11.6. The summed E-state index contributed by atoms with van der Waals surface area (Å²) in [6.07, 6.45) is 0.645. The third-order valence-corrected chi connectivity index (χ3v) is 4.04. The van der Waals surface area contributed by atoms with E-state index in [2.05, 4.69) is 20.7 Å². The van der Waals surface area contributed by atoms with Crippen LogP contribution >= 0.6 is 0 Å². The second kappa shape index (κ2) is 5.86. The van der Waals surface area contributed by atoms with E-state index >= 15 is 0 Å². The fraction of sp³-hybridized carbons (Fsp3) is 0.467. The minimum atomic E-state index is -0.920. The Morgan fingerprint density at radius 2 is 2.17 bits per heavy atom. The largest absolute Gasteiger partial charge is 0.465 e. The van der Waals surface area contributed by atoms with Gasteiger partial charge in [0, 0.05) is 6.54 Å². The van der Waals surface area contributed by atoms with Crippen LogP contribution in [0.3, 0.4) is 0 Å². The molecule has 1 aromatic heterocycles. The average Bonchev–Trinajstić information content (AvgIpc) is 2.78. The molecule has 3 rings (SSSR count). The molecule has 23 heavy (non-hydrogen) atoms. The van der Waals surface area contributed by atoms with Gasteiger partial charge >= 0.3 is 6.09 Å². The number of nitrogens with zero attached hydrogens (tertiary/aromatic N) is 5. The summed E-state index contributed by atoms with van der Waals surface area (Å²) < 4.78 is 0. The Kier molecular flexibility index (Phi) is 3.89. The van der Waals surface area contributed by atoms with Gasteiger partial charge < -0.3 is 10.4 Å². The van der Waals surface area contributed by atoms with Crippen molar-refractivity contribution in [2.45, 2.75) is 32.7 Å². The van der Waals surface area contributed by atoms with Gasteiger partial charge in [-0.05, 0) is 43.0 Å². The lowest BCUT2D eigenvalue weighted by Gasteiger charge is -2.24. The fourth-order valence-electron chi connectivity index (χ4n) is 3.19. The molecular formula is C15H20N6O2. The third-order valence-electron chi connectivity index (χ3n) is 4.04. The molecule has 0 radical (unpaired) electrons. The molecule has 1 aliphatic heterocycles. The molecule has 2 heterocycles. The number of aromatic nitrogens is 4. The molecule has 1 amide bonds. The van der Waals surface area contributed by atoms with Crippen molar-refractivity contribution >= 4 is 17.7 Å². The number of aryl methyl sites for hydroxylation is 3. The normalized spacial score (nSPS) is 17.5. The van der Waals surface area contributed by atoms with Crippen molar-refractivity contribution in [3.63, 3.8) is 0 Å². The number of nitrogens with one attached hydrogen (secondary N) is 1. The van der Waals surface area contributed by atoms with E-state index in [-0.39, 0.29) is 6.04 Å². The van der Waals surface area contributed by atoms with E-state index in [1.54, 1.807) is 7.05 Å². The molecule has 2 aromatic rings. The van der Waals surface area contributed by atoms with Crippen molar-refractivity contribution in [2.24, 2.45) is 7.05 Å². The minimum absolute atomic E-state index is 0.0443. The number of amides is 1. The second-order valence-electron chi connectivity index (χ2n) is 5.90. The first-order valence-electron chi connectivity index (χ1n) is 7.58. The van der Waals surface area contributed by atoms with Crippen LogP contribution in [0.15, 0.2) is 12.1 Å². The van der Waals surface area contributed by atoms with Crippen LogP contribution in [-0.2, 0) is 7.05 Å². The topological polar surface area (TPSA) is 96.2 Å². The van der Waals surface area contributed by atoms with E-state index in [0.29, 0.717) is 12.5 Å². The van der Waals surface area contributed by atoms with Gasteiger partial charge in [-0.1, -0.05) is 22.8 Å². The van der Waals surface area contributed by atoms with Gasteiger partial charge in [0.05, 0.1) is 18.8 Å². The van der Waals surface area contributed by atoms with E-state index < -0.39 is 6.09 Å². The smallest absolute Gasteiger partial charge is 0.411 e. The van der Waals surface area contributed by atoms with Crippen LogP contribution in [0, 0.1) is 13.8 Å².